The van der Waals surface area contributed by atoms with E-state index >= 15 is 0 Å². The number of nitrogens with one attached hydrogen (secondary N) is 1. The highest BCUT2D eigenvalue weighted by molar-refractivity contribution is 9.10. The van der Waals surface area contributed by atoms with Gasteiger partial charge in [0.2, 0.25) is 0 Å². The van der Waals surface area contributed by atoms with Crippen molar-refractivity contribution in [1.29, 1.82) is 0 Å². The average Bonchev–Trinajstić information content (AvgIpc) is 3.00. The third-order valence-electron chi connectivity index (χ3n) is 2.17. The number of nitrogens with zero attached hydrogens (tertiary/aromatic N) is 3. The Bertz CT molecular complexity index is 623. The molecule has 3 N–H and O–H groups in total. The zero-order valence-electron chi connectivity index (χ0n) is 13.2. The highest BCUT2D eigenvalue weighted by atomic mass is 79.9. The molecule has 0 saturated heterocycles. The molecule has 0 spiro atoms. The Morgan fingerprint density at radius 1 is 1.26 bits per heavy atom. The highest BCUT2D eigenvalue weighted by Crippen LogP contribution is 2.15. The number of carbonyl (C=O) groups is 3. The van der Waals surface area contributed by atoms with Crippen molar-refractivity contribution >= 4 is 53.3 Å². The SMILES string of the molecule is C=O.C=O.CC1=[N+]=CC(NC(=O)c2cc(Br)c(C)cn2)=N1.CN. The van der Waals surface area contributed by atoms with Crippen LogP contribution in [0, 0.1) is 6.92 Å². The number of rotatable bonds is 1. The summed E-state index contributed by atoms with van der Waals surface area (Å²) in [4.78, 5) is 35.9. The second kappa shape index (κ2) is 13.2. The molecule has 0 radical (unpaired) electrons. The van der Waals surface area contributed by atoms with E-state index in [2.05, 4.69) is 41.6 Å². The van der Waals surface area contributed by atoms with E-state index in [9.17, 15) is 4.79 Å². The van der Waals surface area contributed by atoms with Gasteiger partial charge in [0.15, 0.2) is 0 Å². The Kier molecular flexibility index (Phi) is 13.1. The second-order valence-corrected chi connectivity index (χ2v) is 4.43. The Morgan fingerprint density at radius 2 is 1.83 bits per heavy atom. The van der Waals surface area contributed by atoms with Crippen LogP contribution in [0.5, 0.6) is 0 Å². The first-order valence-electron chi connectivity index (χ1n) is 6.11. The van der Waals surface area contributed by atoms with Gasteiger partial charge in [-0.1, -0.05) is 15.9 Å². The minimum Gasteiger partial charge on any atom is -0.333 e. The van der Waals surface area contributed by atoms with Crippen LogP contribution < -0.4 is 15.7 Å². The maximum absolute atomic E-state index is 11.8. The molecule has 124 valence electrons. The maximum atomic E-state index is 11.8. The fraction of sp³-hybridized carbons (Fsp3) is 0.214. The summed E-state index contributed by atoms with van der Waals surface area (Å²) in [7, 11) is 1.50. The van der Waals surface area contributed by atoms with Crippen LogP contribution >= 0.6 is 15.9 Å². The molecule has 1 aliphatic rings. The van der Waals surface area contributed by atoms with E-state index in [4.69, 9.17) is 9.59 Å². The van der Waals surface area contributed by atoms with E-state index in [0.717, 1.165) is 10.0 Å². The zero-order valence-corrected chi connectivity index (χ0v) is 14.8. The summed E-state index contributed by atoms with van der Waals surface area (Å²) >= 11 is 3.36. The van der Waals surface area contributed by atoms with E-state index in [-0.39, 0.29) is 5.91 Å². The molecule has 0 bridgehead atoms. The van der Waals surface area contributed by atoms with Crippen molar-refractivity contribution in [1.82, 2.24) is 15.0 Å². The molecule has 1 aliphatic heterocycles. The normalized spacial score (nSPS) is 10.5. The fourth-order valence-electron chi connectivity index (χ4n) is 1.25. The van der Waals surface area contributed by atoms with Crippen molar-refractivity contribution < 1.29 is 14.4 Å². The summed E-state index contributed by atoms with van der Waals surface area (Å²) < 4.78 is 4.79. The number of aryl methyl sites for hydroxylation is 1. The Balaban J connectivity index is 0. The van der Waals surface area contributed by atoms with Gasteiger partial charge in [-0.05, 0) is 30.6 Å². The van der Waals surface area contributed by atoms with Crippen LogP contribution in [0.2, 0.25) is 0 Å². The Labute approximate surface area is 142 Å². The smallest absolute Gasteiger partial charge is 0.333 e. The minimum atomic E-state index is -0.300. The van der Waals surface area contributed by atoms with Crippen molar-refractivity contribution in [3.05, 3.63) is 28.0 Å². The van der Waals surface area contributed by atoms with Gasteiger partial charge in [0.1, 0.15) is 19.3 Å². The molecular weight excluding hydrogens is 366 g/mol. The first kappa shape index (κ1) is 22.8. The first-order chi connectivity index (χ1) is 11.1. The molecule has 1 aromatic rings. The van der Waals surface area contributed by atoms with Gasteiger partial charge < -0.3 is 15.3 Å². The number of hydrogen-bond donors (Lipinski definition) is 2. The predicted molar refractivity (Wildman–Crippen MR) is 94.8 cm³/mol. The third kappa shape index (κ3) is 7.91. The average molecular weight is 385 g/mol. The van der Waals surface area contributed by atoms with Crippen LogP contribution in [0.15, 0.2) is 21.7 Å². The lowest BCUT2D eigenvalue weighted by atomic mass is 10.2. The van der Waals surface area contributed by atoms with Crippen LogP contribution in [0.3, 0.4) is 0 Å². The van der Waals surface area contributed by atoms with E-state index in [1.54, 1.807) is 19.2 Å². The van der Waals surface area contributed by atoms with E-state index < -0.39 is 0 Å². The van der Waals surface area contributed by atoms with Crippen LogP contribution in [-0.4, -0.2) is 49.4 Å². The van der Waals surface area contributed by atoms with E-state index in [0.29, 0.717) is 17.4 Å². The van der Waals surface area contributed by atoms with Crippen molar-refractivity contribution in [2.24, 2.45) is 10.7 Å². The first-order valence-corrected chi connectivity index (χ1v) is 6.91. The molecule has 23 heavy (non-hydrogen) atoms. The van der Waals surface area contributed by atoms with Gasteiger partial charge in [-0.2, -0.15) is 0 Å². The van der Waals surface area contributed by atoms with Gasteiger partial charge in [0.05, 0.1) is 6.92 Å². The van der Waals surface area contributed by atoms with Crippen molar-refractivity contribution in [2.75, 3.05) is 7.05 Å². The van der Waals surface area contributed by atoms with Crippen LogP contribution in [0.25, 0.3) is 0 Å². The largest absolute Gasteiger partial charge is 0.389 e. The molecule has 2 rings (SSSR count). The fourth-order valence-corrected chi connectivity index (χ4v) is 1.57. The summed E-state index contributed by atoms with van der Waals surface area (Å²) in [6.07, 6.45) is 3.15. The molecule has 1 aromatic heterocycles. The predicted octanol–water partition coefficient (Wildman–Crippen LogP) is 0.0559. The molecular formula is C14H19BrN5O3+. The monoisotopic (exact) mass is 384 g/mol. The number of amidine groups is 2. The lowest BCUT2D eigenvalue weighted by molar-refractivity contribution is -0.0987. The summed E-state index contributed by atoms with van der Waals surface area (Å²) in [5.74, 6) is 0.759. The van der Waals surface area contributed by atoms with Crippen LogP contribution in [0.4, 0.5) is 0 Å². The highest BCUT2D eigenvalue weighted by Gasteiger charge is 2.19. The summed E-state index contributed by atoms with van der Waals surface area (Å²) in [5.41, 5.74) is 5.81. The number of pyridine rings is 1. The molecule has 1 amide bonds. The summed E-state index contributed by atoms with van der Waals surface area (Å²) in [6.45, 7) is 7.67. The molecule has 8 nitrogen and oxygen atoms in total. The number of hydrogen-bond acceptors (Lipinski definition) is 6. The van der Waals surface area contributed by atoms with Gasteiger partial charge in [-0.25, -0.2) is 4.67 Å². The van der Waals surface area contributed by atoms with Gasteiger partial charge in [0.25, 0.3) is 12.1 Å². The van der Waals surface area contributed by atoms with Gasteiger partial charge in [-0.3, -0.25) is 15.1 Å². The summed E-state index contributed by atoms with van der Waals surface area (Å²) in [5, 5.41) is 2.63. The van der Waals surface area contributed by atoms with Crippen LogP contribution in [0.1, 0.15) is 23.0 Å². The van der Waals surface area contributed by atoms with E-state index in [1.807, 2.05) is 20.5 Å². The van der Waals surface area contributed by atoms with Crippen molar-refractivity contribution in [3.8, 4) is 0 Å². The van der Waals surface area contributed by atoms with Crippen molar-refractivity contribution in [3.63, 3.8) is 0 Å². The van der Waals surface area contributed by atoms with Crippen molar-refractivity contribution in [2.45, 2.75) is 13.8 Å². The van der Waals surface area contributed by atoms with Crippen LogP contribution in [-0.2, 0) is 9.59 Å². The molecule has 0 saturated carbocycles. The standard InChI is InChI=1S/C11H9BrN4O.CH5N.2CH2O/c1-6-4-14-9(3-8(6)12)11(17)16-10-5-13-7(2)15-10;3*1-2/h3-5H,1-2H3;2H2,1H3;2*1H2/p+1. The number of aromatic nitrogens is 1. The van der Waals surface area contributed by atoms with E-state index in [1.165, 1.54) is 13.3 Å². The number of halogens is 1. The maximum Gasteiger partial charge on any atom is 0.389 e. The molecule has 9 heteroatoms. The molecule has 2 heterocycles. The zero-order chi connectivity index (χ0) is 18.4. The lowest BCUT2D eigenvalue weighted by Crippen LogP contribution is -2.31. The Hall–Kier alpha value is -2.48. The Morgan fingerprint density at radius 3 is 2.26 bits per heavy atom. The number of carbonyl (C=O) groups excluding carboxylic acids is 3. The minimum absolute atomic E-state index is 0.300. The molecule has 0 fully saturated rings. The topological polar surface area (TPSA) is 129 Å². The quantitative estimate of drug-likeness (QED) is 0.661. The molecule has 0 atom stereocenters. The number of aliphatic imine (C=N–C) groups is 1. The number of nitrogens with two attached hydrogens (primary N) is 1. The third-order valence-corrected chi connectivity index (χ3v) is 3.02. The van der Waals surface area contributed by atoms with Gasteiger partial charge in [-0.15, -0.1) is 0 Å². The van der Waals surface area contributed by atoms with Gasteiger partial charge in [0, 0.05) is 10.7 Å². The lowest BCUT2D eigenvalue weighted by Gasteiger charge is -2.01. The second-order valence-electron chi connectivity index (χ2n) is 3.58. The summed E-state index contributed by atoms with van der Waals surface area (Å²) in [6, 6.07) is 1.67. The molecule has 0 aromatic carbocycles. The number of amides is 1. The van der Waals surface area contributed by atoms with Gasteiger partial charge >= 0.3 is 11.7 Å². The molecule has 0 aliphatic carbocycles. The molecule has 0 unspecified atom stereocenters.